The highest BCUT2D eigenvalue weighted by molar-refractivity contribution is 5.87. The van der Waals surface area contributed by atoms with E-state index in [4.69, 9.17) is 0 Å². The molecule has 0 fully saturated rings. The van der Waals surface area contributed by atoms with E-state index in [1.165, 1.54) is 13.2 Å². The van der Waals surface area contributed by atoms with E-state index in [-0.39, 0.29) is 11.8 Å². The quantitative estimate of drug-likeness (QED) is 0.617. The van der Waals surface area contributed by atoms with Gasteiger partial charge in [-0.3, -0.25) is 0 Å². The zero-order valence-corrected chi connectivity index (χ0v) is 10.3. The van der Waals surface area contributed by atoms with Gasteiger partial charge in [-0.05, 0) is 25.1 Å². The molecular formula is C14H14FNO2. The van der Waals surface area contributed by atoms with Crippen LogP contribution in [-0.4, -0.2) is 17.6 Å². The molecule has 0 amide bonds. The Balaban J connectivity index is 2.28. The summed E-state index contributed by atoms with van der Waals surface area (Å²) in [4.78, 5) is 11.2. The lowest BCUT2D eigenvalue weighted by Crippen LogP contribution is -2.03. The summed E-state index contributed by atoms with van der Waals surface area (Å²) >= 11 is 0. The van der Waals surface area contributed by atoms with Gasteiger partial charge in [0.15, 0.2) is 0 Å². The normalized spacial score (nSPS) is 11.8. The van der Waals surface area contributed by atoms with Gasteiger partial charge in [-0.25, -0.2) is 9.18 Å². The number of fused-ring (bicyclic) bond motifs is 1. The van der Waals surface area contributed by atoms with Gasteiger partial charge in [0.2, 0.25) is 0 Å². The van der Waals surface area contributed by atoms with Gasteiger partial charge in [0.05, 0.1) is 12.6 Å². The Morgan fingerprint density at radius 1 is 1.44 bits per heavy atom. The second-order valence-electron chi connectivity index (χ2n) is 4.02. The van der Waals surface area contributed by atoms with Crippen molar-refractivity contribution in [1.29, 1.82) is 0 Å². The van der Waals surface area contributed by atoms with Gasteiger partial charge in [-0.1, -0.05) is 12.1 Å². The Kier molecular flexibility index (Phi) is 3.46. The largest absolute Gasteiger partial charge is 0.466 e. The van der Waals surface area contributed by atoms with Crippen molar-refractivity contribution in [3.63, 3.8) is 0 Å². The van der Waals surface area contributed by atoms with E-state index in [9.17, 15) is 9.18 Å². The second-order valence-corrected chi connectivity index (χ2v) is 4.02. The van der Waals surface area contributed by atoms with Gasteiger partial charge < -0.3 is 9.30 Å². The molecule has 2 aromatic rings. The Hall–Kier alpha value is -2.10. The van der Waals surface area contributed by atoms with E-state index >= 15 is 0 Å². The summed E-state index contributed by atoms with van der Waals surface area (Å²) in [7, 11) is 1.35. The maximum absolute atomic E-state index is 13.5. The molecule has 0 radical (unpaired) electrons. The second kappa shape index (κ2) is 5.04. The molecule has 0 saturated carbocycles. The highest BCUT2D eigenvalue weighted by Gasteiger charge is 2.05. The molecule has 18 heavy (non-hydrogen) atoms. The lowest BCUT2D eigenvalue weighted by molar-refractivity contribution is -0.136. The predicted octanol–water partition coefficient (Wildman–Crippen LogP) is 2.90. The van der Waals surface area contributed by atoms with Gasteiger partial charge in [0.25, 0.3) is 0 Å². The Labute approximate surface area is 104 Å². The van der Waals surface area contributed by atoms with Crippen molar-refractivity contribution in [3.05, 3.63) is 47.9 Å². The summed E-state index contributed by atoms with van der Waals surface area (Å²) in [5.41, 5.74) is 1.35. The number of methoxy groups -OCH3 is 1. The fraction of sp³-hybridized carbons (Fsp3) is 0.214. The van der Waals surface area contributed by atoms with Gasteiger partial charge >= 0.3 is 5.97 Å². The number of rotatable bonds is 3. The molecule has 1 aromatic heterocycles. The molecule has 0 N–H and O–H groups in total. The van der Waals surface area contributed by atoms with Crippen LogP contribution in [0.1, 0.15) is 6.92 Å². The number of ether oxygens (including phenoxy) is 1. The number of carbonyl (C=O) groups excluding carboxylic acids is 1. The molecule has 1 aromatic carbocycles. The average Bonchev–Trinajstić information content (AvgIpc) is 2.79. The molecule has 94 valence electrons. The number of aromatic nitrogens is 1. The van der Waals surface area contributed by atoms with Gasteiger partial charge in [0, 0.05) is 23.7 Å². The van der Waals surface area contributed by atoms with Crippen LogP contribution in [-0.2, 0) is 16.1 Å². The van der Waals surface area contributed by atoms with Crippen LogP contribution in [0.15, 0.2) is 42.1 Å². The number of esters is 1. The minimum atomic E-state index is -0.349. The third-order valence-electron chi connectivity index (χ3n) is 2.86. The van der Waals surface area contributed by atoms with Crippen LogP contribution < -0.4 is 0 Å². The number of allylic oxidation sites excluding steroid dienone is 1. The summed E-state index contributed by atoms with van der Waals surface area (Å²) in [5.74, 6) is -0.586. The zero-order valence-electron chi connectivity index (χ0n) is 10.3. The lowest BCUT2D eigenvalue weighted by atomic mass is 10.2. The first-order valence-corrected chi connectivity index (χ1v) is 5.62. The first kappa shape index (κ1) is 12.4. The first-order valence-electron chi connectivity index (χ1n) is 5.62. The van der Waals surface area contributed by atoms with E-state index < -0.39 is 0 Å². The van der Waals surface area contributed by atoms with E-state index in [2.05, 4.69) is 4.74 Å². The van der Waals surface area contributed by atoms with Crippen molar-refractivity contribution in [2.75, 3.05) is 7.11 Å². The topological polar surface area (TPSA) is 31.2 Å². The fourth-order valence-electron chi connectivity index (χ4n) is 1.82. The third-order valence-corrected chi connectivity index (χ3v) is 2.86. The molecule has 0 bridgehead atoms. The molecule has 0 atom stereocenters. The van der Waals surface area contributed by atoms with Crippen molar-refractivity contribution in [2.24, 2.45) is 0 Å². The minimum Gasteiger partial charge on any atom is -0.466 e. The zero-order chi connectivity index (χ0) is 13.1. The van der Waals surface area contributed by atoms with Crippen LogP contribution in [0.2, 0.25) is 0 Å². The highest BCUT2D eigenvalue weighted by Crippen LogP contribution is 2.19. The van der Waals surface area contributed by atoms with E-state index in [1.807, 2.05) is 10.6 Å². The maximum atomic E-state index is 13.5. The number of carbonyl (C=O) groups is 1. The Morgan fingerprint density at radius 3 is 2.94 bits per heavy atom. The Morgan fingerprint density at radius 2 is 2.22 bits per heavy atom. The fourth-order valence-corrected chi connectivity index (χ4v) is 1.82. The number of hydrogen-bond acceptors (Lipinski definition) is 2. The number of halogens is 1. The molecule has 0 spiro atoms. The monoisotopic (exact) mass is 247 g/mol. The smallest absolute Gasteiger partial charge is 0.333 e. The summed E-state index contributed by atoms with van der Waals surface area (Å²) in [6.45, 7) is 2.20. The summed E-state index contributed by atoms with van der Waals surface area (Å²) in [5, 5.41) is 0.585. The van der Waals surface area contributed by atoms with E-state index in [0.717, 1.165) is 5.52 Å². The molecule has 0 saturated heterocycles. The number of nitrogens with zero attached hydrogens (tertiary/aromatic N) is 1. The molecule has 1 heterocycles. The molecule has 0 aliphatic rings. The standard InChI is InChI=1S/C14H14FNO2/c1-10(14(17)18-2)6-8-16-9-7-11-12(15)4-3-5-13(11)16/h3-7,9H,8H2,1-2H3/b10-6+. The van der Waals surface area contributed by atoms with Crippen LogP contribution in [0, 0.1) is 5.82 Å². The van der Waals surface area contributed by atoms with Crippen LogP contribution in [0.4, 0.5) is 4.39 Å². The molecular weight excluding hydrogens is 233 g/mol. The van der Waals surface area contributed by atoms with Crippen molar-refractivity contribution in [2.45, 2.75) is 13.5 Å². The van der Waals surface area contributed by atoms with Crippen LogP contribution in [0.25, 0.3) is 10.9 Å². The summed E-state index contributed by atoms with van der Waals surface area (Å²) in [6.07, 6.45) is 3.56. The number of hydrogen-bond donors (Lipinski definition) is 0. The maximum Gasteiger partial charge on any atom is 0.333 e. The van der Waals surface area contributed by atoms with Crippen molar-refractivity contribution < 1.29 is 13.9 Å². The predicted molar refractivity (Wildman–Crippen MR) is 67.7 cm³/mol. The highest BCUT2D eigenvalue weighted by atomic mass is 19.1. The van der Waals surface area contributed by atoms with Crippen molar-refractivity contribution in [1.82, 2.24) is 4.57 Å². The summed E-state index contributed by atoms with van der Waals surface area (Å²) < 4.78 is 20.0. The molecule has 0 unspecified atom stereocenters. The van der Waals surface area contributed by atoms with Crippen LogP contribution >= 0.6 is 0 Å². The number of benzene rings is 1. The van der Waals surface area contributed by atoms with Crippen LogP contribution in [0.5, 0.6) is 0 Å². The minimum absolute atomic E-state index is 0.236. The molecule has 2 rings (SSSR count). The first-order chi connectivity index (χ1) is 8.63. The molecule has 4 heteroatoms. The average molecular weight is 247 g/mol. The van der Waals surface area contributed by atoms with E-state index in [0.29, 0.717) is 17.5 Å². The Bertz CT molecular complexity index is 613. The van der Waals surface area contributed by atoms with Gasteiger partial charge in [-0.15, -0.1) is 0 Å². The molecule has 0 aliphatic heterocycles. The SMILES string of the molecule is COC(=O)/C(C)=C/Cn1ccc2c(F)cccc21. The van der Waals surface area contributed by atoms with Crippen LogP contribution in [0.3, 0.4) is 0 Å². The third kappa shape index (κ3) is 2.27. The van der Waals surface area contributed by atoms with Crippen molar-refractivity contribution in [3.8, 4) is 0 Å². The summed E-state index contributed by atoms with van der Waals surface area (Å²) in [6, 6.07) is 6.68. The lowest BCUT2D eigenvalue weighted by Gasteiger charge is -2.03. The van der Waals surface area contributed by atoms with Gasteiger partial charge in [0.1, 0.15) is 5.82 Å². The van der Waals surface area contributed by atoms with Gasteiger partial charge in [-0.2, -0.15) is 0 Å². The molecule has 3 nitrogen and oxygen atoms in total. The van der Waals surface area contributed by atoms with Crippen molar-refractivity contribution >= 4 is 16.9 Å². The molecule has 0 aliphatic carbocycles. The van der Waals surface area contributed by atoms with E-state index in [1.54, 1.807) is 31.3 Å².